The zero-order valence-corrected chi connectivity index (χ0v) is 21.5. The van der Waals surface area contributed by atoms with Crippen LogP contribution in [0, 0.1) is 53.3 Å². The van der Waals surface area contributed by atoms with Crippen LogP contribution in [0.1, 0.15) is 137 Å². The Bertz CT molecular complexity index is 451. The summed E-state index contributed by atoms with van der Waals surface area (Å²) in [5, 5.41) is 0. The molecule has 4 fully saturated rings. The Labute approximate surface area is 190 Å². The Hall–Kier alpha value is 0. The van der Waals surface area contributed by atoms with Crippen LogP contribution in [0.4, 0.5) is 0 Å². The van der Waals surface area contributed by atoms with Crippen LogP contribution < -0.4 is 0 Å². The molecule has 0 saturated heterocycles. The summed E-state index contributed by atoms with van der Waals surface area (Å²) in [7, 11) is 0. The van der Waals surface area contributed by atoms with Crippen LogP contribution in [0.15, 0.2) is 0 Å². The lowest BCUT2D eigenvalue weighted by atomic mass is 9.56. The van der Waals surface area contributed by atoms with Crippen LogP contribution in [-0.2, 0) is 0 Å². The lowest BCUT2D eigenvalue weighted by Crippen LogP contribution is -2.42. The Morgan fingerprint density at radius 2 is 1.23 bits per heavy atom. The van der Waals surface area contributed by atoms with Crippen LogP contribution in [0.25, 0.3) is 0 Å². The lowest BCUT2D eigenvalue weighted by Gasteiger charge is -2.49. The highest BCUT2D eigenvalue weighted by atomic mass is 14.5. The van der Waals surface area contributed by atoms with E-state index in [0.29, 0.717) is 0 Å². The Kier molecular flexibility index (Phi) is 10.1. The quantitative estimate of drug-likeness (QED) is 0.418. The largest absolute Gasteiger partial charge is 0.0654 e. The smallest absolute Gasteiger partial charge is 0.0324 e. The summed E-state index contributed by atoms with van der Waals surface area (Å²) in [4.78, 5) is 0. The summed E-state index contributed by atoms with van der Waals surface area (Å²) in [6, 6.07) is 0. The van der Waals surface area contributed by atoms with Gasteiger partial charge in [-0.15, -0.1) is 0 Å². The molecule has 4 saturated carbocycles. The van der Waals surface area contributed by atoms with E-state index in [0.717, 1.165) is 53.3 Å². The molecule has 176 valence electrons. The minimum absolute atomic E-state index is 1.01. The summed E-state index contributed by atoms with van der Waals surface area (Å²) >= 11 is 0. The first kappa shape index (κ1) is 24.6. The molecule has 0 amide bonds. The maximum Gasteiger partial charge on any atom is -0.0324 e. The van der Waals surface area contributed by atoms with E-state index >= 15 is 0 Å². The van der Waals surface area contributed by atoms with E-state index in [-0.39, 0.29) is 0 Å². The fourth-order valence-corrected chi connectivity index (χ4v) is 8.73. The van der Waals surface area contributed by atoms with Gasteiger partial charge in [0.2, 0.25) is 0 Å². The standard InChI is InChI=1S/C22H40.C8H16/c1-4-7-17-11-13-18(14-12-17)22-20(8-5-2)16(3)15-19-9-6-10-21(19)22;1-7-4-3-5-8(2)6-7/h16-22H,4-15H2,1-3H3;7-8H,3-6H2,1-2H3. The molecule has 30 heavy (non-hydrogen) atoms. The summed E-state index contributed by atoms with van der Waals surface area (Å²) in [6.07, 6.45) is 24.2. The highest BCUT2D eigenvalue weighted by Crippen LogP contribution is 2.56. The monoisotopic (exact) mass is 416 g/mol. The van der Waals surface area contributed by atoms with Crippen LogP contribution in [0.5, 0.6) is 0 Å². The third kappa shape index (κ3) is 6.51. The van der Waals surface area contributed by atoms with Gasteiger partial charge < -0.3 is 0 Å². The van der Waals surface area contributed by atoms with Crippen LogP contribution >= 0.6 is 0 Å². The second kappa shape index (κ2) is 12.3. The first-order chi connectivity index (χ1) is 14.5. The van der Waals surface area contributed by atoms with Gasteiger partial charge in [-0.3, -0.25) is 0 Å². The SMILES string of the molecule is CC1CCCC(C)C1.CCCC1CCC(C2C(CCC)C(C)CC3CCCC32)CC1. The van der Waals surface area contributed by atoms with Crippen LogP contribution in [-0.4, -0.2) is 0 Å². The van der Waals surface area contributed by atoms with E-state index in [1.165, 1.54) is 51.4 Å². The van der Waals surface area contributed by atoms with Crippen molar-refractivity contribution < 1.29 is 0 Å². The fourth-order valence-electron chi connectivity index (χ4n) is 8.73. The molecule has 0 aromatic carbocycles. The predicted octanol–water partition coefficient (Wildman–Crippen LogP) is 9.91. The Balaban J connectivity index is 0.000000269. The average Bonchev–Trinajstić information content (AvgIpc) is 3.18. The number of hydrogen-bond donors (Lipinski definition) is 0. The second-order valence-electron chi connectivity index (χ2n) is 12.5. The van der Waals surface area contributed by atoms with Crippen molar-refractivity contribution in [2.45, 2.75) is 137 Å². The molecule has 0 bridgehead atoms. The molecule has 4 rings (SSSR count). The third-order valence-corrected chi connectivity index (χ3v) is 10.1. The van der Waals surface area contributed by atoms with Gasteiger partial charge in [0.1, 0.15) is 0 Å². The highest BCUT2D eigenvalue weighted by molar-refractivity contribution is 4.97. The summed E-state index contributed by atoms with van der Waals surface area (Å²) in [5.74, 6) is 9.62. The van der Waals surface area contributed by atoms with Crippen molar-refractivity contribution in [1.82, 2.24) is 0 Å². The van der Waals surface area contributed by atoms with Gasteiger partial charge in [-0.05, 0) is 85.4 Å². The molecule has 0 radical (unpaired) electrons. The fraction of sp³-hybridized carbons (Fsp3) is 1.00. The molecule has 0 aromatic heterocycles. The van der Waals surface area contributed by atoms with E-state index < -0.39 is 0 Å². The second-order valence-corrected chi connectivity index (χ2v) is 12.5. The van der Waals surface area contributed by atoms with E-state index in [1.54, 1.807) is 51.4 Å². The average molecular weight is 417 g/mol. The molecule has 0 aliphatic heterocycles. The molecule has 0 N–H and O–H groups in total. The number of fused-ring (bicyclic) bond motifs is 1. The van der Waals surface area contributed by atoms with E-state index in [4.69, 9.17) is 0 Å². The van der Waals surface area contributed by atoms with Crippen molar-refractivity contribution in [3.63, 3.8) is 0 Å². The first-order valence-electron chi connectivity index (χ1n) is 14.5. The van der Waals surface area contributed by atoms with E-state index in [1.807, 2.05) is 0 Å². The van der Waals surface area contributed by atoms with Gasteiger partial charge in [0.05, 0.1) is 0 Å². The van der Waals surface area contributed by atoms with E-state index in [9.17, 15) is 0 Å². The molecular formula is C30H56. The molecule has 0 heteroatoms. The van der Waals surface area contributed by atoms with Crippen LogP contribution in [0.2, 0.25) is 0 Å². The molecule has 7 unspecified atom stereocenters. The van der Waals surface area contributed by atoms with Crippen molar-refractivity contribution in [3.05, 3.63) is 0 Å². The zero-order chi connectivity index (χ0) is 21.5. The van der Waals surface area contributed by atoms with E-state index in [2.05, 4.69) is 34.6 Å². The lowest BCUT2D eigenvalue weighted by molar-refractivity contribution is -0.00223. The van der Waals surface area contributed by atoms with Gasteiger partial charge in [-0.2, -0.15) is 0 Å². The minimum atomic E-state index is 1.01. The number of rotatable bonds is 5. The molecule has 4 aliphatic carbocycles. The Morgan fingerprint density at radius 1 is 0.600 bits per heavy atom. The summed E-state index contributed by atoms with van der Waals surface area (Å²) < 4.78 is 0. The van der Waals surface area contributed by atoms with Crippen molar-refractivity contribution in [3.8, 4) is 0 Å². The van der Waals surface area contributed by atoms with Crippen LogP contribution in [0.3, 0.4) is 0 Å². The van der Waals surface area contributed by atoms with Gasteiger partial charge >= 0.3 is 0 Å². The van der Waals surface area contributed by atoms with Crippen molar-refractivity contribution in [2.24, 2.45) is 53.3 Å². The molecule has 0 aromatic rings. The number of hydrogen-bond acceptors (Lipinski definition) is 0. The maximum absolute atomic E-state index is 2.60. The van der Waals surface area contributed by atoms with Gasteiger partial charge in [0.25, 0.3) is 0 Å². The summed E-state index contributed by atoms with van der Waals surface area (Å²) in [6.45, 7) is 12.1. The highest BCUT2D eigenvalue weighted by Gasteiger charge is 2.47. The zero-order valence-electron chi connectivity index (χ0n) is 21.5. The molecule has 0 nitrogen and oxygen atoms in total. The molecule has 0 heterocycles. The van der Waals surface area contributed by atoms with Crippen molar-refractivity contribution >= 4 is 0 Å². The van der Waals surface area contributed by atoms with Gasteiger partial charge in [-0.25, -0.2) is 0 Å². The molecular weight excluding hydrogens is 360 g/mol. The van der Waals surface area contributed by atoms with Gasteiger partial charge in [-0.1, -0.05) is 105 Å². The molecule has 4 aliphatic rings. The van der Waals surface area contributed by atoms with Gasteiger partial charge in [0.15, 0.2) is 0 Å². The first-order valence-corrected chi connectivity index (χ1v) is 14.5. The minimum Gasteiger partial charge on any atom is -0.0654 e. The van der Waals surface area contributed by atoms with Crippen molar-refractivity contribution in [1.29, 1.82) is 0 Å². The molecule has 7 atom stereocenters. The predicted molar refractivity (Wildman–Crippen MR) is 134 cm³/mol. The Morgan fingerprint density at radius 3 is 1.80 bits per heavy atom. The molecule has 0 spiro atoms. The van der Waals surface area contributed by atoms with Gasteiger partial charge in [0, 0.05) is 0 Å². The topological polar surface area (TPSA) is 0 Å². The maximum atomic E-state index is 2.60. The third-order valence-electron chi connectivity index (χ3n) is 10.1. The van der Waals surface area contributed by atoms with Crippen molar-refractivity contribution in [2.75, 3.05) is 0 Å². The normalized spacial score (nSPS) is 44.1. The summed E-state index contributed by atoms with van der Waals surface area (Å²) in [5.41, 5.74) is 0.